The van der Waals surface area contributed by atoms with E-state index in [1.807, 2.05) is 23.9 Å². The van der Waals surface area contributed by atoms with Crippen LogP contribution < -0.4 is 10.1 Å². The number of nitrogens with zero attached hydrogens (tertiary/aromatic N) is 1. The van der Waals surface area contributed by atoms with Crippen LogP contribution in [0.3, 0.4) is 0 Å². The minimum atomic E-state index is -0.0798. The third-order valence-electron chi connectivity index (χ3n) is 3.75. The predicted octanol–water partition coefficient (Wildman–Crippen LogP) is 4.18. The van der Waals surface area contributed by atoms with Crippen molar-refractivity contribution in [1.82, 2.24) is 5.32 Å². The second-order valence-corrected chi connectivity index (χ2v) is 7.72. The van der Waals surface area contributed by atoms with E-state index in [0.717, 1.165) is 31.1 Å². The highest BCUT2D eigenvalue weighted by Crippen LogP contribution is 2.33. The van der Waals surface area contributed by atoms with Gasteiger partial charge in [0.1, 0.15) is 11.6 Å². The highest BCUT2D eigenvalue weighted by Gasteiger charge is 2.22. The van der Waals surface area contributed by atoms with Crippen molar-refractivity contribution in [2.45, 2.75) is 36.5 Å². The molecule has 3 nitrogen and oxygen atoms in total. The maximum absolute atomic E-state index is 6.42. The molecule has 0 aromatic heterocycles. The summed E-state index contributed by atoms with van der Waals surface area (Å²) in [5, 5.41) is 3.89. The standard InChI is InChI=1S/C20H24N2OS/c1-15(2)24-19-11-7-6-10-17(19)23-18(20-21-12-13-22-20)14-16-8-4-3-5-9-16/h3-11,15,18H,12-14H2,1-2H3,(H,21,22). The predicted molar refractivity (Wildman–Crippen MR) is 102 cm³/mol. The first kappa shape index (κ1) is 16.9. The molecule has 3 rings (SSSR count). The second kappa shape index (κ2) is 8.25. The van der Waals surface area contributed by atoms with Gasteiger partial charge in [0, 0.05) is 23.1 Å². The van der Waals surface area contributed by atoms with Crippen LogP contribution >= 0.6 is 11.8 Å². The van der Waals surface area contributed by atoms with Crippen LogP contribution in [0.25, 0.3) is 0 Å². The molecular weight excluding hydrogens is 316 g/mol. The van der Waals surface area contributed by atoms with E-state index in [-0.39, 0.29) is 6.10 Å². The molecule has 2 aromatic carbocycles. The van der Waals surface area contributed by atoms with Crippen molar-refractivity contribution < 1.29 is 4.74 Å². The Hall–Kier alpha value is -1.94. The first-order valence-electron chi connectivity index (χ1n) is 8.47. The fourth-order valence-corrected chi connectivity index (χ4v) is 3.60. The normalized spacial score (nSPS) is 15.0. The molecular formula is C20H24N2OS. The quantitative estimate of drug-likeness (QED) is 0.768. The lowest BCUT2D eigenvalue weighted by molar-refractivity contribution is 0.258. The first-order valence-corrected chi connectivity index (χ1v) is 9.35. The van der Waals surface area contributed by atoms with Crippen molar-refractivity contribution in [3.8, 4) is 5.75 Å². The molecule has 1 aliphatic heterocycles. The van der Waals surface area contributed by atoms with Crippen LogP contribution in [-0.2, 0) is 6.42 Å². The van der Waals surface area contributed by atoms with Crippen molar-refractivity contribution >= 4 is 17.6 Å². The van der Waals surface area contributed by atoms with Gasteiger partial charge in [-0.2, -0.15) is 0 Å². The molecule has 1 atom stereocenters. The van der Waals surface area contributed by atoms with Crippen molar-refractivity contribution in [1.29, 1.82) is 0 Å². The van der Waals surface area contributed by atoms with Gasteiger partial charge in [-0.1, -0.05) is 56.3 Å². The molecule has 0 saturated carbocycles. The van der Waals surface area contributed by atoms with Crippen LogP contribution in [0, 0.1) is 0 Å². The fourth-order valence-electron chi connectivity index (χ4n) is 2.71. The molecule has 4 heteroatoms. The average Bonchev–Trinajstić information content (AvgIpc) is 3.11. The molecule has 2 aromatic rings. The number of para-hydroxylation sites is 1. The maximum atomic E-state index is 6.42. The monoisotopic (exact) mass is 340 g/mol. The molecule has 126 valence electrons. The molecule has 0 spiro atoms. The molecule has 0 radical (unpaired) electrons. The third kappa shape index (κ3) is 4.54. The van der Waals surface area contributed by atoms with Crippen molar-refractivity contribution in [3.63, 3.8) is 0 Å². The van der Waals surface area contributed by atoms with Crippen molar-refractivity contribution in [2.24, 2.45) is 4.99 Å². The lowest BCUT2D eigenvalue weighted by Gasteiger charge is -2.22. The smallest absolute Gasteiger partial charge is 0.159 e. The first-order chi connectivity index (χ1) is 11.7. The van der Waals surface area contributed by atoms with E-state index >= 15 is 0 Å². The van der Waals surface area contributed by atoms with E-state index in [2.05, 4.69) is 66.6 Å². The Balaban J connectivity index is 1.82. The summed E-state index contributed by atoms with van der Waals surface area (Å²) < 4.78 is 6.42. The zero-order valence-corrected chi connectivity index (χ0v) is 15.1. The van der Waals surface area contributed by atoms with E-state index in [1.54, 1.807) is 0 Å². The Kier molecular flexibility index (Phi) is 5.81. The Morgan fingerprint density at radius 3 is 2.54 bits per heavy atom. The van der Waals surface area contributed by atoms with Gasteiger partial charge in [0.05, 0.1) is 6.54 Å². The Labute approximate surface area is 148 Å². The lowest BCUT2D eigenvalue weighted by Crippen LogP contribution is -2.37. The van der Waals surface area contributed by atoms with Gasteiger partial charge in [-0.3, -0.25) is 4.99 Å². The van der Waals surface area contributed by atoms with Crippen LogP contribution in [0.5, 0.6) is 5.75 Å². The number of nitrogens with one attached hydrogen (secondary N) is 1. The van der Waals surface area contributed by atoms with E-state index in [9.17, 15) is 0 Å². The molecule has 0 saturated heterocycles. The molecule has 1 unspecified atom stereocenters. The molecule has 1 N–H and O–H groups in total. The topological polar surface area (TPSA) is 33.6 Å². The van der Waals surface area contributed by atoms with Gasteiger partial charge in [0.25, 0.3) is 0 Å². The fraction of sp³-hybridized carbons (Fsp3) is 0.350. The van der Waals surface area contributed by atoms with Crippen LogP contribution in [0.2, 0.25) is 0 Å². The molecule has 0 amide bonds. The zero-order valence-electron chi connectivity index (χ0n) is 14.2. The van der Waals surface area contributed by atoms with Crippen LogP contribution in [0.15, 0.2) is 64.5 Å². The summed E-state index contributed by atoms with van der Waals surface area (Å²) in [4.78, 5) is 5.78. The minimum absolute atomic E-state index is 0.0798. The number of thioether (sulfide) groups is 1. The van der Waals surface area contributed by atoms with E-state index < -0.39 is 0 Å². The largest absolute Gasteiger partial charge is 0.481 e. The molecule has 0 bridgehead atoms. The summed E-state index contributed by atoms with van der Waals surface area (Å²) in [6.07, 6.45) is 0.733. The lowest BCUT2D eigenvalue weighted by atomic mass is 10.1. The number of hydrogen-bond donors (Lipinski definition) is 1. The summed E-state index contributed by atoms with van der Waals surface area (Å²) in [7, 11) is 0. The van der Waals surface area contributed by atoms with Crippen LogP contribution in [-0.4, -0.2) is 30.3 Å². The molecule has 1 aliphatic rings. The number of aliphatic imine (C=N–C) groups is 1. The van der Waals surface area contributed by atoms with Crippen LogP contribution in [0.1, 0.15) is 19.4 Å². The summed E-state index contributed by atoms with van der Waals surface area (Å²) in [5.74, 6) is 1.90. The number of hydrogen-bond acceptors (Lipinski definition) is 4. The van der Waals surface area contributed by atoms with E-state index in [1.165, 1.54) is 10.5 Å². The van der Waals surface area contributed by atoms with Gasteiger partial charge in [0.15, 0.2) is 6.10 Å². The summed E-state index contributed by atoms with van der Waals surface area (Å²) in [5.41, 5.74) is 1.26. The SMILES string of the molecule is CC(C)Sc1ccccc1OC(Cc1ccccc1)C1=NCCN1. The average molecular weight is 340 g/mol. The third-order valence-corrected chi connectivity index (χ3v) is 4.81. The summed E-state index contributed by atoms with van der Waals surface area (Å²) in [6.45, 7) is 6.12. The highest BCUT2D eigenvalue weighted by atomic mass is 32.2. The van der Waals surface area contributed by atoms with Crippen molar-refractivity contribution in [3.05, 3.63) is 60.2 Å². The molecule has 1 heterocycles. The number of amidine groups is 1. The van der Waals surface area contributed by atoms with Gasteiger partial charge in [-0.15, -0.1) is 11.8 Å². The number of ether oxygens (including phenoxy) is 1. The number of rotatable bonds is 7. The Bertz CT molecular complexity index is 685. The minimum Gasteiger partial charge on any atom is -0.481 e. The van der Waals surface area contributed by atoms with E-state index in [0.29, 0.717) is 5.25 Å². The highest BCUT2D eigenvalue weighted by molar-refractivity contribution is 8.00. The van der Waals surface area contributed by atoms with Gasteiger partial charge in [-0.25, -0.2) is 0 Å². The maximum Gasteiger partial charge on any atom is 0.159 e. The van der Waals surface area contributed by atoms with Crippen molar-refractivity contribution in [2.75, 3.05) is 13.1 Å². The Morgan fingerprint density at radius 2 is 1.83 bits per heavy atom. The molecule has 0 fully saturated rings. The summed E-state index contributed by atoms with van der Waals surface area (Å²) >= 11 is 1.83. The Morgan fingerprint density at radius 1 is 1.08 bits per heavy atom. The summed E-state index contributed by atoms with van der Waals surface area (Å²) in [6, 6.07) is 18.7. The van der Waals surface area contributed by atoms with Gasteiger partial charge < -0.3 is 10.1 Å². The van der Waals surface area contributed by atoms with Gasteiger partial charge in [-0.05, 0) is 17.7 Å². The second-order valence-electron chi connectivity index (χ2n) is 6.10. The van der Waals surface area contributed by atoms with Crippen LogP contribution in [0.4, 0.5) is 0 Å². The zero-order chi connectivity index (χ0) is 16.8. The van der Waals surface area contributed by atoms with Gasteiger partial charge >= 0.3 is 0 Å². The van der Waals surface area contributed by atoms with E-state index in [4.69, 9.17) is 4.74 Å². The molecule has 0 aliphatic carbocycles. The van der Waals surface area contributed by atoms with Gasteiger partial charge in [0.2, 0.25) is 0 Å². The number of benzene rings is 2. The molecule has 24 heavy (non-hydrogen) atoms.